The van der Waals surface area contributed by atoms with Crippen molar-refractivity contribution in [3.05, 3.63) is 58.3 Å². The van der Waals surface area contributed by atoms with Crippen LogP contribution in [0.25, 0.3) is 0 Å². The van der Waals surface area contributed by atoms with Gasteiger partial charge in [-0.1, -0.05) is 54.7 Å². The Labute approximate surface area is 130 Å². The van der Waals surface area contributed by atoms with E-state index in [1.807, 2.05) is 18.2 Å². The molecule has 0 amide bonds. The van der Waals surface area contributed by atoms with Crippen LogP contribution in [0.2, 0.25) is 10.2 Å². The minimum Gasteiger partial charge on any atom is -0.366 e. The van der Waals surface area contributed by atoms with Gasteiger partial charge in [0.05, 0.1) is 17.3 Å². The first-order valence-electron chi connectivity index (χ1n) is 6.81. The minimum absolute atomic E-state index is 0.480. The van der Waals surface area contributed by atoms with Crippen LogP contribution in [0, 0.1) is 0 Å². The number of nitrogens with zero attached hydrogens (tertiary/aromatic N) is 2. The molecule has 2 aromatic rings. The maximum Gasteiger partial charge on any atom is 0.129 e. The molecule has 0 atom stereocenters. The molecule has 0 saturated carbocycles. The van der Waals surface area contributed by atoms with Gasteiger partial charge in [0.15, 0.2) is 0 Å². The van der Waals surface area contributed by atoms with E-state index in [0.29, 0.717) is 16.7 Å². The van der Waals surface area contributed by atoms with Crippen LogP contribution in [0.3, 0.4) is 0 Å². The highest BCUT2D eigenvalue weighted by Gasteiger charge is 2.11. The third kappa shape index (κ3) is 4.12. The zero-order valence-electron chi connectivity index (χ0n) is 11.5. The van der Waals surface area contributed by atoms with E-state index < -0.39 is 0 Å². The van der Waals surface area contributed by atoms with Crippen LogP contribution in [-0.2, 0) is 6.54 Å². The molecule has 106 valence electrons. The number of aromatic nitrogens is 1. The summed E-state index contributed by atoms with van der Waals surface area (Å²) in [5, 5.41) is 1.14. The summed E-state index contributed by atoms with van der Waals surface area (Å²) in [6, 6.07) is 13.8. The predicted octanol–water partition coefficient (Wildman–Crippen LogP) is 5.20. The first-order valence-corrected chi connectivity index (χ1v) is 7.57. The summed E-state index contributed by atoms with van der Waals surface area (Å²) in [5.74, 6) is 0. The maximum atomic E-state index is 6.21. The number of halogens is 2. The van der Waals surface area contributed by atoms with E-state index in [0.717, 1.165) is 25.1 Å². The lowest BCUT2D eigenvalue weighted by Gasteiger charge is -2.24. The Kier molecular flexibility index (Phi) is 5.69. The Bertz CT molecular complexity index is 543. The topological polar surface area (TPSA) is 16.1 Å². The molecule has 0 radical (unpaired) electrons. The van der Waals surface area contributed by atoms with Crippen LogP contribution in [0.15, 0.2) is 42.5 Å². The Morgan fingerprint density at radius 2 is 1.80 bits per heavy atom. The largest absolute Gasteiger partial charge is 0.366 e. The summed E-state index contributed by atoms with van der Waals surface area (Å²) in [6.07, 6.45) is 2.28. The summed E-state index contributed by atoms with van der Waals surface area (Å²) in [4.78, 5) is 6.62. The van der Waals surface area contributed by atoms with E-state index in [2.05, 4.69) is 28.9 Å². The van der Waals surface area contributed by atoms with Crippen LogP contribution < -0.4 is 4.90 Å². The van der Waals surface area contributed by atoms with Crippen molar-refractivity contribution < 1.29 is 0 Å². The van der Waals surface area contributed by atoms with Gasteiger partial charge < -0.3 is 4.90 Å². The molecular formula is C16H18Cl2N2. The van der Waals surface area contributed by atoms with Gasteiger partial charge in [0.25, 0.3) is 0 Å². The van der Waals surface area contributed by atoms with Gasteiger partial charge in [0.2, 0.25) is 0 Å². The molecule has 0 aliphatic rings. The van der Waals surface area contributed by atoms with Crippen molar-refractivity contribution in [2.45, 2.75) is 26.3 Å². The Morgan fingerprint density at radius 3 is 2.50 bits per heavy atom. The molecule has 0 N–H and O–H groups in total. The van der Waals surface area contributed by atoms with Crippen LogP contribution in [0.1, 0.15) is 25.5 Å². The molecule has 2 rings (SSSR count). The molecule has 0 unspecified atom stereocenters. The lowest BCUT2D eigenvalue weighted by Crippen LogP contribution is -2.24. The molecule has 0 aliphatic heterocycles. The summed E-state index contributed by atoms with van der Waals surface area (Å²) < 4.78 is 0. The van der Waals surface area contributed by atoms with Gasteiger partial charge in [-0.15, -0.1) is 0 Å². The zero-order valence-corrected chi connectivity index (χ0v) is 13.0. The molecule has 0 aliphatic carbocycles. The van der Waals surface area contributed by atoms with Crippen molar-refractivity contribution in [2.24, 2.45) is 0 Å². The van der Waals surface area contributed by atoms with Crippen LogP contribution >= 0.6 is 23.2 Å². The molecule has 1 aromatic carbocycles. The van der Waals surface area contributed by atoms with Gasteiger partial charge in [-0.2, -0.15) is 0 Å². The van der Waals surface area contributed by atoms with E-state index in [-0.39, 0.29) is 0 Å². The van der Waals surface area contributed by atoms with Crippen molar-refractivity contribution in [3.63, 3.8) is 0 Å². The minimum atomic E-state index is 0.480. The molecule has 1 heterocycles. The maximum absolute atomic E-state index is 6.21. The highest BCUT2D eigenvalue weighted by atomic mass is 35.5. The van der Waals surface area contributed by atoms with Crippen molar-refractivity contribution >= 4 is 28.9 Å². The van der Waals surface area contributed by atoms with Gasteiger partial charge in [0.1, 0.15) is 5.15 Å². The summed E-state index contributed by atoms with van der Waals surface area (Å²) in [6.45, 7) is 3.84. The van der Waals surface area contributed by atoms with Crippen molar-refractivity contribution in [1.82, 2.24) is 4.98 Å². The van der Waals surface area contributed by atoms with Crippen molar-refractivity contribution in [3.8, 4) is 0 Å². The molecule has 0 spiro atoms. The molecule has 0 fully saturated rings. The van der Waals surface area contributed by atoms with Gasteiger partial charge in [0, 0.05) is 12.2 Å². The number of rotatable bonds is 6. The van der Waals surface area contributed by atoms with E-state index in [1.54, 1.807) is 12.1 Å². The number of anilines is 1. The lowest BCUT2D eigenvalue weighted by atomic mass is 10.2. The number of hydrogen-bond donors (Lipinski definition) is 0. The summed E-state index contributed by atoms with van der Waals surface area (Å²) in [7, 11) is 0. The van der Waals surface area contributed by atoms with E-state index in [1.165, 1.54) is 5.69 Å². The highest BCUT2D eigenvalue weighted by Crippen LogP contribution is 2.22. The molecule has 2 nitrogen and oxygen atoms in total. The first-order chi connectivity index (χ1) is 9.70. The monoisotopic (exact) mass is 308 g/mol. The number of unbranched alkanes of at least 4 members (excludes halogenated alkanes) is 1. The Balaban J connectivity index is 2.21. The zero-order chi connectivity index (χ0) is 14.4. The van der Waals surface area contributed by atoms with E-state index >= 15 is 0 Å². The number of para-hydroxylation sites is 1. The first kappa shape index (κ1) is 15.1. The highest BCUT2D eigenvalue weighted by molar-refractivity contribution is 6.32. The fourth-order valence-electron chi connectivity index (χ4n) is 2.04. The van der Waals surface area contributed by atoms with Gasteiger partial charge in [-0.25, -0.2) is 4.98 Å². The summed E-state index contributed by atoms with van der Waals surface area (Å²) in [5.41, 5.74) is 2.00. The lowest BCUT2D eigenvalue weighted by molar-refractivity contribution is 0.708. The van der Waals surface area contributed by atoms with Crippen molar-refractivity contribution in [1.29, 1.82) is 0 Å². The number of benzene rings is 1. The molecule has 20 heavy (non-hydrogen) atoms. The molecule has 4 heteroatoms. The fraction of sp³-hybridized carbons (Fsp3) is 0.312. The normalized spacial score (nSPS) is 10.6. The SMILES string of the molecule is CCCCN(Cc1nc(Cl)ccc1Cl)c1ccccc1. The molecule has 0 saturated heterocycles. The van der Waals surface area contributed by atoms with Crippen LogP contribution in [0.4, 0.5) is 5.69 Å². The Morgan fingerprint density at radius 1 is 1.05 bits per heavy atom. The second kappa shape index (κ2) is 7.51. The van der Waals surface area contributed by atoms with Crippen LogP contribution in [-0.4, -0.2) is 11.5 Å². The average molecular weight is 309 g/mol. The fourth-order valence-corrected chi connectivity index (χ4v) is 2.37. The molecular weight excluding hydrogens is 291 g/mol. The summed E-state index contributed by atoms with van der Waals surface area (Å²) >= 11 is 12.2. The van der Waals surface area contributed by atoms with Gasteiger partial charge in [-0.05, 0) is 30.7 Å². The van der Waals surface area contributed by atoms with Crippen molar-refractivity contribution in [2.75, 3.05) is 11.4 Å². The second-order valence-electron chi connectivity index (χ2n) is 4.67. The Hall–Kier alpha value is -1.25. The van der Waals surface area contributed by atoms with Crippen LogP contribution in [0.5, 0.6) is 0 Å². The quantitative estimate of drug-likeness (QED) is 0.682. The second-order valence-corrected chi connectivity index (χ2v) is 5.47. The third-order valence-corrected chi connectivity index (χ3v) is 3.68. The standard InChI is InChI=1S/C16H18Cl2N2/c1-2-3-11-20(13-7-5-4-6-8-13)12-15-14(17)9-10-16(18)19-15/h4-10H,2-3,11-12H2,1H3. The number of hydrogen-bond acceptors (Lipinski definition) is 2. The number of pyridine rings is 1. The molecule has 0 bridgehead atoms. The average Bonchev–Trinajstić information content (AvgIpc) is 2.48. The van der Waals surface area contributed by atoms with E-state index in [4.69, 9.17) is 23.2 Å². The van der Waals surface area contributed by atoms with Gasteiger partial charge >= 0.3 is 0 Å². The van der Waals surface area contributed by atoms with E-state index in [9.17, 15) is 0 Å². The smallest absolute Gasteiger partial charge is 0.129 e. The third-order valence-electron chi connectivity index (χ3n) is 3.13. The molecule has 1 aromatic heterocycles. The van der Waals surface area contributed by atoms with Gasteiger partial charge in [-0.3, -0.25) is 0 Å². The predicted molar refractivity (Wildman–Crippen MR) is 86.7 cm³/mol.